The topological polar surface area (TPSA) is 40.5 Å². The molecule has 0 aromatic heterocycles. The number of likely N-dealkylation sites (tertiary alicyclic amines) is 1. The molecule has 1 aromatic rings. The molecule has 1 aromatic carbocycles. The highest BCUT2D eigenvalue weighted by Gasteiger charge is 2.35. The van der Waals surface area contributed by atoms with E-state index in [1.807, 2.05) is 31.3 Å². The van der Waals surface area contributed by atoms with Crippen LogP contribution in [0.25, 0.3) is 0 Å². The van der Waals surface area contributed by atoms with Gasteiger partial charge in [-0.3, -0.25) is 9.69 Å². The molecule has 4 heteroatoms. The Balaban J connectivity index is 2.34. The number of nitrogens with zero attached hydrogens (tertiary/aromatic N) is 1. The van der Waals surface area contributed by atoms with Crippen molar-refractivity contribution in [1.29, 1.82) is 0 Å². The summed E-state index contributed by atoms with van der Waals surface area (Å²) >= 11 is 5.97. The molecule has 0 bridgehead atoms. The number of aliphatic carboxylic acids is 1. The lowest BCUT2D eigenvalue weighted by atomic mass is 9.85. The number of benzene rings is 1. The largest absolute Gasteiger partial charge is 0.481 e. The van der Waals surface area contributed by atoms with Crippen LogP contribution in [-0.4, -0.2) is 29.6 Å². The van der Waals surface area contributed by atoms with Crippen LogP contribution in [-0.2, 0) is 4.79 Å². The number of piperidine rings is 1. The highest BCUT2D eigenvalue weighted by molar-refractivity contribution is 6.30. The van der Waals surface area contributed by atoms with Crippen molar-refractivity contribution in [2.75, 3.05) is 13.6 Å². The Labute approximate surface area is 106 Å². The standard InChI is InChI=1S/C13H16ClNO2/c1-15-7-3-6-11(13(16)17)12(15)9-4-2-5-10(14)8-9/h2,4-5,8,11-12H,3,6-7H2,1H3,(H,16,17). The van der Waals surface area contributed by atoms with Gasteiger partial charge >= 0.3 is 5.97 Å². The number of hydrogen-bond acceptors (Lipinski definition) is 2. The van der Waals surface area contributed by atoms with Crippen LogP contribution in [0.2, 0.25) is 5.02 Å². The summed E-state index contributed by atoms with van der Waals surface area (Å²) in [4.78, 5) is 13.4. The Hall–Kier alpha value is -1.06. The minimum atomic E-state index is -0.721. The molecule has 0 aliphatic carbocycles. The Bertz CT molecular complexity index is 422. The summed E-state index contributed by atoms with van der Waals surface area (Å²) in [6, 6.07) is 7.43. The van der Waals surface area contributed by atoms with E-state index in [2.05, 4.69) is 4.90 Å². The number of carboxylic acid groups (broad SMARTS) is 1. The van der Waals surface area contributed by atoms with Crippen molar-refractivity contribution in [2.45, 2.75) is 18.9 Å². The van der Waals surface area contributed by atoms with Crippen molar-refractivity contribution < 1.29 is 9.90 Å². The number of carboxylic acids is 1. The highest BCUT2D eigenvalue weighted by atomic mass is 35.5. The minimum absolute atomic E-state index is 0.0695. The molecular formula is C13H16ClNO2. The predicted molar refractivity (Wildman–Crippen MR) is 67.2 cm³/mol. The Morgan fingerprint density at radius 3 is 2.94 bits per heavy atom. The first-order valence-electron chi connectivity index (χ1n) is 5.78. The second-order valence-electron chi connectivity index (χ2n) is 4.57. The second kappa shape index (κ2) is 5.07. The van der Waals surface area contributed by atoms with Crippen LogP contribution < -0.4 is 0 Å². The zero-order valence-corrected chi connectivity index (χ0v) is 10.5. The van der Waals surface area contributed by atoms with E-state index in [9.17, 15) is 9.90 Å². The molecule has 17 heavy (non-hydrogen) atoms. The SMILES string of the molecule is CN1CCCC(C(=O)O)C1c1cccc(Cl)c1. The molecule has 0 radical (unpaired) electrons. The first-order chi connectivity index (χ1) is 8.09. The lowest BCUT2D eigenvalue weighted by Crippen LogP contribution is -2.39. The van der Waals surface area contributed by atoms with Gasteiger partial charge in [-0.1, -0.05) is 23.7 Å². The van der Waals surface area contributed by atoms with Crippen LogP contribution in [0.5, 0.6) is 0 Å². The smallest absolute Gasteiger partial charge is 0.308 e. The molecule has 1 heterocycles. The van der Waals surface area contributed by atoms with Crippen LogP contribution in [0.1, 0.15) is 24.4 Å². The lowest BCUT2D eigenvalue weighted by Gasteiger charge is -2.37. The third-order valence-electron chi connectivity index (χ3n) is 3.39. The summed E-state index contributed by atoms with van der Waals surface area (Å²) < 4.78 is 0. The predicted octanol–water partition coefficient (Wildman–Crippen LogP) is 2.81. The van der Waals surface area contributed by atoms with Crippen molar-refractivity contribution >= 4 is 17.6 Å². The van der Waals surface area contributed by atoms with E-state index in [0.717, 1.165) is 24.9 Å². The molecule has 0 amide bonds. The van der Waals surface area contributed by atoms with Crippen molar-refractivity contribution in [1.82, 2.24) is 4.90 Å². The van der Waals surface area contributed by atoms with E-state index in [4.69, 9.17) is 11.6 Å². The molecular weight excluding hydrogens is 238 g/mol. The first kappa shape index (κ1) is 12.4. The molecule has 1 aliphatic heterocycles. The van der Waals surface area contributed by atoms with Crippen LogP contribution in [0.3, 0.4) is 0 Å². The lowest BCUT2D eigenvalue weighted by molar-refractivity contribution is -0.145. The molecule has 1 fully saturated rings. The van der Waals surface area contributed by atoms with Crippen LogP contribution in [0, 0.1) is 5.92 Å². The Morgan fingerprint density at radius 1 is 1.53 bits per heavy atom. The molecule has 0 saturated carbocycles. The molecule has 2 atom stereocenters. The summed E-state index contributed by atoms with van der Waals surface area (Å²) in [5.41, 5.74) is 0.993. The van der Waals surface area contributed by atoms with E-state index in [-0.39, 0.29) is 12.0 Å². The van der Waals surface area contributed by atoms with Crippen molar-refractivity contribution in [3.8, 4) is 0 Å². The van der Waals surface area contributed by atoms with Gasteiger partial charge in [0.2, 0.25) is 0 Å². The van der Waals surface area contributed by atoms with Crippen molar-refractivity contribution in [3.05, 3.63) is 34.9 Å². The van der Waals surface area contributed by atoms with Crippen molar-refractivity contribution in [2.24, 2.45) is 5.92 Å². The summed E-state index contributed by atoms with van der Waals surface area (Å²) in [5.74, 6) is -1.06. The van der Waals surface area contributed by atoms with Gasteiger partial charge in [-0.15, -0.1) is 0 Å². The molecule has 3 nitrogen and oxygen atoms in total. The normalized spacial score (nSPS) is 25.8. The van der Waals surface area contributed by atoms with Gasteiger partial charge in [0.25, 0.3) is 0 Å². The van der Waals surface area contributed by atoms with E-state index in [1.54, 1.807) is 0 Å². The zero-order chi connectivity index (χ0) is 12.4. The fourth-order valence-corrected chi connectivity index (χ4v) is 2.80. The molecule has 0 spiro atoms. The van der Waals surface area contributed by atoms with Gasteiger partial charge in [0.1, 0.15) is 0 Å². The van der Waals surface area contributed by atoms with E-state index in [0.29, 0.717) is 5.02 Å². The van der Waals surface area contributed by atoms with Gasteiger partial charge in [-0.25, -0.2) is 0 Å². The first-order valence-corrected chi connectivity index (χ1v) is 6.16. The number of halogens is 1. The van der Waals surface area contributed by atoms with Crippen LogP contribution in [0.4, 0.5) is 0 Å². The number of rotatable bonds is 2. The number of hydrogen-bond donors (Lipinski definition) is 1. The van der Waals surface area contributed by atoms with E-state index >= 15 is 0 Å². The highest BCUT2D eigenvalue weighted by Crippen LogP contribution is 2.35. The molecule has 1 N–H and O–H groups in total. The van der Waals surface area contributed by atoms with Gasteiger partial charge in [-0.05, 0) is 44.1 Å². The summed E-state index contributed by atoms with van der Waals surface area (Å²) in [7, 11) is 1.97. The molecule has 2 unspecified atom stereocenters. The van der Waals surface area contributed by atoms with Crippen LogP contribution >= 0.6 is 11.6 Å². The fraction of sp³-hybridized carbons (Fsp3) is 0.462. The van der Waals surface area contributed by atoms with Gasteiger partial charge in [0.05, 0.1) is 5.92 Å². The minimum Gasteiger partial charge on any atom is -0.481 e. The van der Waals surface area contributed by atoms with E-state index < -0.39 is 5.97 Å². The Kier molecular flexibility index (Phi) is 3.69. The van der Waals surface area contributed by atoms with Crippen molar-refractivity contribution in [3.63, 3.8) is 0 Å². The Morgan fingerprint density at radius 2 is 2.29 bits per heavy atom. The molecule has 92 valence electrons. The maximum atomic E-state index is 11.3. The number of carbonyl (C=O) groups is 1. The quantitative estimate of drug-likeness (QED) is 0.881. The van der Waals surface area contributed by atoms with Gasteiger partial charge in [-0.2, -0.15) is 0 Å². The van der Waals surface area contributed by atoms with E-state index in [1.165, 1.54) is 0 Å². The third kappa shape index (κ3) is 2.61. The van der Waals surface area contributed by atoms with Gasteiger partial charge < -0.3 is 5.11 Å². The molecule has 1 aliphatic rings. The average Bonchev–Trinajstić information content (AvgIpc) is 2.28. The second-order valence-corrected chi connectivity index (χ2v) is 5.00. The zero-order valence-electron chi connectivity index (χ0n) is 9.77. The maximum Gasteiger partial charge on any atom is 0.308 e. The third-order valence-corrected chi connectivity index (χ3v) is 3.62. The maximum absolute atomic E-state index is 11.3. The molecule has 2 rings (SSSR count). The average molecular weight is 254 g/mol. The van der Waals surface area contributed by atoms with Gasteiger partial charge in [0, 0.05) is 11.1 Å². The van der Waals surface area contributed by atoms with Crippen LogP contribution in [0.15, 0.2) is 24.3 Å². The van der Waals surface area contributed by atoms with Gasteiger partial charge in [0.15, 0.2) is 0 Å². The summed E-state index contributed by atoms with van der Waals surface area (Å²) in [6.45, 7) is 0.932. The molecule has 1 saturated heterocycles. The fourth-order valence-electron chi connectivity index (χ4n) is 2.60. The summed E-state index contributed by atoms with van der Waals surface area (Å²) in [5, 5.41) is 9.96. The monoisotopic (exact) mass is 253 g/mol. The summed E-state index contributed by atoms with van der Waals surface area (Å²) in [6.07, 6.45) is 1.67.